The number of methoxy groups -OCH3 is 1. The van der Waals surface area contributed by atoms with E-state index in [0.29, 0.717) is 22.7 Å². The van der Waals surface area contributed by atoms with Crippen LogP contribution in [-0.4, -0.2) is 39.4 Å². The maximum atomic E-state index is 12.9. The topological polar surface area (TPSA) is 140 Å². The van der Waals surface area contributed by atoms with Gasteiger partial charge >= 0.3 is 0 Å². The van der Waals surface area contributed by atoms with Crippen molar-refractivity contribution in [3.05, 3.63) is 88.0 Å². The summed E-state index contributed by atoms with van der Waals surface area (Å²) in [4.78, 5) is 23.1. The number of nitrogens with one attached hydrogen (secondary N) is 3. The van der Waals surface area contributed by atoms with Gasteiger partial charge in [0.15, 0.2) is 0 Å². The molecule has 0 saturated heterocycles. The maximum absolute atomic E-state index is 12.9. The Morgan fingerprint density at radius 2 is 1.74 bits per heavy atom. The van der Waals surface area contributed by atoms with Crippen LogP contribution in [0.1, 0.15) is 15.9 Å². The Morgan fingerprint density at radius 3 is 2.41 bits per heavy atom. The number of aryl methyl sites for hydroxylation is 1. The molecule has 0 saturated carbocycles. The summed E-state index contributed by atoms with van der Waals surface area (Å²) in [6.45, 7) is 2.05. The van der Waals surface area contributed by atoms with E-state index in [1.54, 1.807) is 55.5 Å². The zero-order valence-corrected chi connectivity index (χ0v) is 19.4. The summed E-state index contributed by atoms with van der Waals surface area (Å²) in [6.07, 6.45) is 0. The van der Waals surface area contributed by atoms with E-state index in [4.69, 9.17) is 4.74 Å². The SMILES string of the molecule is COc1ccc(NS(=O)(=O)c2cc(C(=O)NCCNc3ccccc3[N+](=O)[O-])ccc2C)cc1. The zero-order valence-electron chi connectivity index (χ0n) is 18.6. The van der Waals surface area contributed by atoms with Crippen LogP contribution in [0.15, 0.2) is 71.6 Å². The highest BCUT2D eigenvalue weighted by atomic mass is 32.2. The van der Waals surface area contributed by atoms with Crippen LogP contribution in [0.4, 0.5) is 17.1 Å². The summed E-state index contributed by atoms with van der Waals surface area (Å²) in [5.74, 6) is 0.124. The van der Waals surface area contributed by atoms with Crippen LogP contribution in [0, 0.1) is 17.0 Å². The van der Waals surface area contributed by atoms with E-state index in [-0.39, 0.29) is 29.2 Å². The van der Waals surface area contributed by atoms with Crippen LogP contribution >= 0.6 is 0 Å². The maximum Gasteiger partial charge on any atom is 0.292 e. The molecule has 0 bridgehead atoms. The Hall–Kier alpha value is -4.12. The van der Waals surface area contributed by atoms with Crippen LogP contribution in [0.3, 0.4) is 0 Å². The predicted molar refractivity (Wildman–Crippen MR) is 129 cm³/mol. The molecule has 0 aliphatic carbocycles. The monoisotopic (exact) mass is 484 g/mol. The normalized spacial score (nSPS) is 10.9. The Kier molecular flexibility index (Phi) is 7.69. The Bertz CT molecular complexity index is 1290. The first-order valence-electron chi connectivity index (χ1n) is 10.2. The number of hydrogen-bond donors (Lipinski definition) is 3. The molecule has 3 aromatic carbocycles. The molecule has 0 radical (unpaired) electrons. The molecule has 0 atom stereocenters. The Labute approximate surface area is 197 Å². The molecular weight excluding hydrogens is 460 g/mol. The standard InChI is InChI=1S/C23H24N4O6S/c1-16-7-8-17(15-22(16)34(31,32)26-18-9-11-19(33-2)12-10-18)23(28)25-14-13-24-20-5-3-4-6-21(20)27(29)30/h3-12,15,24,26H,13-14H2,1-2H3,(H,25,28). The van der Waals surface area contributed by atoms with Crippen LogP contribution in [0.2, 0.25) is 0 Å². The Balaban J connectivity index is 1.65. The van der Waals surface area contributed by atoms with Gasteiger partial charge in [-0.25, -0.2) is 8.42 Å². The van der Waals surface area contributed by atoms with Crippen LogP contribution < -0.4 is 20.1 Å². The minimum Gasteiger partial charge on any atom is -0.497 e. The molecule has 34 heavy (non-hydrogen) atoms. The molecule has 11 heteroatoms. The molecule has 0 fully saturated rings. The summed E-state index contributed by atoms with van der Waals surface area (Å²) in [7, 11) is -2.43. The molecular formula is C23H24N4O6S. The smallest absolute Gasteiger partial charge is 0.292 e. The number of ether oxygens (including phenoxy) is 1. The van der Waals surface area contributed by atoms with Crippen molar-refractivity contribution in [2.45, 2.75) is 11.8 Å². The van der Waals surface area contributed by atoms with Gasteiger partial charge in [0.2, 0.25) is 0 Å². The lowest BCUT2D eigenvalue weighted by molar-refractivity contribution is -0.384. The fraction of sp³-hybridized carbons (Fsp3) is 0.174. The van der Waals surface area contributed by atoms with Gasteiger partial charge in [0.25, 0.3) is 21.6 Å². The minimum atomic E-state index is -3.94. The molecule has 0 spiro atoms. The van der Waals surface area contributed by atoms with Gasteiger partial charge in [-0.05, 0) is 55.0 Å². The number of amides is 1. The largest absolute Gasteiger partial charge is 0.497 e. The molecule has 3 aromatic rings. The van der Waals surface area contributed by atoms with Gasteiger partial charge in [-0.3, -0.25) is 19.6 Å². The zero-order chi connectivity index (χ0) is 24.7. The van der Waals surface area contributed by atoms with E-state index in [1.807, 2.05) is 0 Å². The van der Waals surface area contributed by atoms with E-state index in [2.05, 4.69) is 15.4 Å². The number of carbonyl (C=O) groups excluding carboxylic acids is 1. The summed E-state index contributed by atoms with van der Waals surface area (Å²) >= 11 is 0. The fourth-order valence-electron chi connectivity index (χ4n) is 3.16. The third-order valence-corrected chi connectivity index (χ3v) is 6.43. The number of anilines is 2. The number of rotatable bonds is 10. The molecule has 0 heterocycles. The summed E-state index contributed by atoms with van der Waals surface area (Å²) in [6, 6.07) is 17.0. The van der Waals surface area contributed by atoms with Gasteiger partial charge < -0.3 is 15.4 Å². The first-order chi connectivity index (χ1) is 16.2. The van der Waals surface area contributed by atoms with E-state index in [1.165, 1.54) is 25.3 Å². The van der Waals surface area contributed by atoms with Crippen LogP contribution in [0.25, 0.3) is 0 Å². The second-order valence-electron chi connectivity index (χ2n) is 7.27. The molecule has 0 aromatic heterocycles. The molecule has 0 unspecified atom stereocenters. The van der Waals surface area contributed by atoms with Gasteiger partial charge in [-0.1, -0.05) is 18.2 Å². The summed E-state index contributed by atoms with van der Waals surface area (Å²) in [5, 5.41) is 16.7. The van der Waals surface area contributed by atoms with Crippen LogP contribution in [0.5, 0.6) is 5.75 Å². The number of nitro benzene ring substituents is 1. The lowest BCUT2D eigenvalue weighted by atomic mass is 10.1. The average Bonchev–Trinajstić information content (AvgIpc) is 2.82. The summed E-state index contributed by atoms with van der Waals surface area (Å²) in [5.41, 5.74) is 1.29. The highest BCUT2D eigenvalue weighted by Gasteiger charge is 2.19. The number of para-hydroxylation sites is 2. The second-order valence-corrected chi connectivity index (χ2v) is 8.92. The van der Waals surface area contributed by atoms with Crippen molar-refractivity contribution < 1.29 is 22.9 Å². The highest BCUT2D eigenvalue weighted by Crippen LogP contribution is 2.24. The van der Waals surface area contributed by atoms with Crippen molar-refractivity contribution in [3.63, 3.8) is 0 Å². The van der Waals surface area contributed by atoms with Gasteiger partial charge in [0.1, 0.15) is 11.4 Å². The van der Waals surface area contributed by atoms with E-state index in [0.717, 1.165) is 0 Å². The molecule has 0 aliphatic heterocycles. The van der Waals surface area contributed by atoms with Crippen molar-refractivity contribution in [2.75, 3.05) is 30.2 Å². The average molecular weight is 485 g/mol. The quantitative estimate of drug-likeness (QED) is 0.227. The number of nitro groups is 1. The molecule has 3 N–H and O–H groups in total. The van der Waals surface area contributed by atoms with Crippen molar-refractivity contribution in [3.8, 4) is 5.75 Å². The molecule has 178 valence electrons. The first-order valence-corrected chi connectivity index (χ1v) is 11.7. The van der Waals surface area contributed by atoms with Gasteiger partial charge in [-0.2, -0.15) is 0 Å². The van der Waals surface area contributed by atoms with E-state index < -0.39 is 20.9 Å². The molecule has 1 amide bonds. The molecule has 10 nitrogen and oxygen atoms in total. The van der Waals surface area contributed by atoms with Crippen molar-refractivity contribution >= 4 is 33.0 Å². The lowest BCUT2D eigenvalue weighted by Gasteiger charge is -2.13. The van der Waals surface area contributed by atoms with Gasteiger partial charge in [0, 0.05) is 30.4 Å². The first kappa shape index (κ1) is 24.5. The van der Waals surface area contributed by atoms with Gasteiger partial charge in [0.05, 0.1) is 16.9 Å². The Morgan fingerprint density at radius 1 is 1.03 bits per heavy atom. The van der Waals surface area contributed by atoms with Crippen molar-refractivity contribution in [1.29, 1.82) is 0 Å². The van der Waals surface area contributed by atoms with Gasteiger partial charge in [-0.15, -0.1) is 0 Å². The second kappa shape index (κ2) is 10.7. The third kappa shape index (κ3) is 6.01. The van der Waals surface area contributed by atoms with Crippen molar-refractivity contribution in [2.24, 2.45) is 0 Å². The number of carbonyl (C=O) groups is 1. The highest BCUT2D eigenvalue weighted by molar-refractivity contribution is 7.92. The number of hydrogen-bond acceptors (Lipinski definition) is 7. The number of benzene rings is 3. The third-order valence-electron chi connectivity index (χ3n) is 4.91. The van der Waals surface area contributed by atoms with Crippen LogP contribution in [-0.2, 0) is 10.0 Å². The van der Waals surface area contributed by atoms with E-state index in [9.17, 15) is 23.3 Å². The molecule has 3 rings (SSSR count). The minimum absolute atomic E-state index is 0.0194. The lowest BCUT2D eigenvalue weighted by Crippen LogP contribution is -2.29. The fourth-order valence-corrected chi connectivity index (χ4v) is 4.49. The molecule has 0 aliphatic rings. The van der Waals surface area contributed by atoms with E-state index >= 15 is 0 Å². The summed E-state index contributed by atoms with van der Waals surface area (Å²) < 4.78 is 33.4. The number of nitrogens with zero attached hydrogens (tertiary/aromatic N) is 1. The predicted octanol–water partition coefficient (Wildman–Crippen LogP) is 3.55. The van der Waals surface area contributed by atoms with Crippen molar-refractivity contribution in [1.82, 2.24) is 5.32 Å². The number of sulfonamides is 1.